The maximum absolute atomic E-state index is 12.6. The van der Waals surface area contributed by atoms with Gasteiger partial charge in [0.15, 0.2) is 10.8 Å². The molecule has 2 aromatic carbocycles. The van der Waals surface area contributed by atoms with E-state index < -0.39 is 0 Å². The number of rotatable bonds is 4. The molecule has 0 aliphatic heterocycles. The first-order valence-corrected chi connectivity index (χ1v) is 9.76. The van der Waals surface area contributed by atoms with Crippen LogP contribution in [0.15, 0.2) is 59.8 Å². The minimum atomic E-state index is -0.367. The average molecular weight is 397 g/mol. The molecule has 0 saturated heterocycles. The molecule has 0 aliphatic rings. The SMILES string of the molecule is Cc1cc2nnc(S[C@H](C)C(=O)Nc3ccccc3Cl)n2c2ccccc12. The van der Waals surface area contributed by atoms with Gasteiger partial charge in [-0.25, -0.2) is 0 Å². The van der Waals surface area contributed by atoms with Crippen molar-refractivity contribution >= 4 is 51.5 Å². The normalized spacial score (nSPS) is 12.4. The van der Waals surface area contributed by atoms with Gasteiger partial charge in [0.25, 0.3) is 0 Å². The summed E-state index contributed by atoms with van der Waals surface area (Å²) in [6, 6.07) is 17.3. The van der Waals surface area contributed by atoms with Crippen LogP contribution in [0.5, 0.6) is 0 Å². The van der Waals surface area contributed by atoms with Crippen LogP contribution >= 0.6 is 23.4 Å². The Morgan fingerprint density at radius 2 is 1.89 bits per heavy atom. The molecule has 0 fully saturated rings. The van der Waals surface area contributed by atoms with Crippen molar-refractivity contribution < 1.29 is 4.79 Å². The molecule has 4 rings (SSSR count). The number of nitrogens with zero attached hydrogens (tertiary/aromatic N) is 3. The summed E-state index contributed by atoms with van der Waals surface area (Å²) in [4.78, 5) is 12.6. The number of aromatic nitrogens is 3. The van der Waals surface area contributed by atoms with E-state index >= 15 is 0 Å². The van der Waals surface area contributed by atoms with Crippen LogP contribution in [-0.4, -0.2) is 25.8 Å². The first-order valence-electron chi connectivity index (χ1n) is 8.50. The number of hydrogen-bond donors (Lipinski definition) is 1. The first kappa shape index (κ1) is 17.8. The van der Waals surface area contributed by atoms with Gasteiger partial charge in [-0.1, -0.05) is 53.7 Å². The average Bonchev–Trinajstić information content (AvgIpc) is 3.06. The quantitative estimate of drug-likeness (QED) is 0.495. The Labute approximate surface area is 165 Å². The molecule has 1 N–H and O–H groups in total. The van der Waals surface area contributed by atoms with Crippen LogP contribution < -0.4 is 5.32 Å². The molecule has 2 heterocycles. The molecule has 0 saturated carbocycles. The second kappa shape index (κ2) is 7.21. The lowest BCUT2D eigenvalue weighted by molar-refractivity contribution is -0.115. The van der Waals surface area contributed by atoms with Gasteiger partial charge in [-0.05, 0) is 43.7 Å². The highest BCUT2D eigenvalue weighted by Crippen LogP contribution is 2.29. The Morgan fingerprint density at radius 3 is 2.70 bits per heavy atom. The van der Waals surface area contributed by atoms with Gasteiger partial charge in [0.2, 0.25) is 5.91 Å². The Balaban J connectivity index is 1.64. The lowest BCUT2D eigenvalue weighted by Crippen LogP contribution is -2.22. The van der Waals surface area contributed by atoms with E-state index in [0.29, 0.717) is 15.9 Å². The van der Waals surface area contributed by atoms with Gasteiger partial charge in [0.05, 0.1) is 21.5 Å². The molecule has 136 valence electrons. The van der Waals surface area contributed by atoms with Gasteiger partial charge < -0.3 is 5.32 Å². The van der Waals surface area contributed by atoms with Crippen molar-refractivity contribution in [1.29, 1.82) is 0 Å². The van der Waals surface area contributed by atoms with Crippen LogP contribution in [-0.2, 0) is 4.79 Å². The molecule has 2 aromatic heterocycles. The fourth-order valence-electron chi connectivity index (χ4n) is 2.96. The highest BCUT2D eigenvalue weighted by atomic mass is 35.5. The molecule has 5 nitrogen and oxygen atoms in total. The third-order valence-electron chi connectivity index (χ3n) is 4.36. The summed E-state index contributed by atoms with van der Waals surface area (Å²) in [5.74, 6) is -0.138. The Bertz CT molecular complexity index is 1160. The van der Waals surface area contributed by atoms with Crippen LogP contribution in [0.2, 0.25) is 5.02 Å². The molecule has 0 radical (unpaired) electrons. The minimum absolute atomic E-state index is 0.138. The summed E-state index contributed by atoms with van der Waals surface area (Å²) in [6.07, 6.45) is 0. The summed E-state index contributed by atoms with van der Waals surface area (Å²) in [6.45, 7) is 3.90. The molecule has 1 amide bonds. The number of hydrogen-bond acceptors (Lipinski definition) is 4. The first-order chi connectivity index (χ1) is 13.0. The Hall–Kier alpha value is -2.57. The molecule has 0 spiro atoms. The predicted octanol–water partition coefficient (Wildman–Crippen LogP) is 4.96. The number of aryl methyl sites for hydroxylation is 1. The van der Waals surface area contributed by atoms with Gasteiger partial charge >= 0.3 is 0 Å². The lowest BCUT2D eigenvalue weighted by Gasteiger charge is -2.13. The monoisotopic (exact) mass is 396 g/mol. The van der Waals surface area contributed by atoms with Crippen molar-refractivity contribution in [3.05, 3.63) is 65.2 Å². The number of amides is 1. The van der Waals surface area contributed by atoms with Gasteiger partial charge in [-0.3, -0.25) is 9.20 Å². The van der Waals surface area contributed by atoms with Crippen LogP contribution in [0.3, 0.4) is 0 Å². The molecular formula is C20H17ClN4OS. The fraction of sp³-hybridized carbons (Fsp3) is 0.150. The van der Waals surface area contributed by atoms with E-state index in [2.05, 4.69) is 28.5 Å². The van der Waals surface area contributed by atoms with E-state index in [-0.39, 0.29) is 11.2 Å². The minimum Gasteiger partial charge on any atom is -0.324 e. The second-order valence-electron chi connectivity index (χ2n) is 6.25. The summed E-state index contributed by atoms with van der Waals surface area (Å²) >= 11 is 7.49. The molecule has 0 unspecified atom stereocenters. The van der Waals surface area contributed by atoms with Crippen LogP contribution in [0.1, 0.15) is 12.5 Å². The van der Waals surface area contributed by atoms with Gasteiger partial charge in [0.1, 0.15) is 0 Å². The zero-order valence-electron chi connectivity index (χ0n) is 14.8. The zero-order valence-corrected chi connectivity index (χ0v) is 16.4. The van der Waals surface area contributed by atoms with Gasteiger partial charge in [-0.15, -0.1) is 10.2 Å². The van der Waals surface area contributed by atoms with Crippen molar-refractivity contribution in [2.24, 2.45) is 0 Å². The van der Waals surface area contributed by atoms with Crippen molar-refractivity contribution in [2.75, 3.05) is 5.32 Å². The smallest absolute Gasteiger partial charge is 0.237 e. The number of carbonyl (C=O) groups excluding carboxylic acids is 1. The molecule has 7 heteroatoms. The molecule has 1 atom stereocenters. The van der Waals surface area contributed by atoms with Crippen molar-refractivity contribution in [3.8, 4) is 0 Å². The largest absolute Gasteiger partial charge is 0.324 e. The number of benzene rings is 2. The van der Waals surface area contributed by atoms with E-state index in [4.69, 9.17) is 11.6 Å². The van der Waals surface area contributed by atoms with Gasteiger partial charge in [-0.2, -0.15) is 0 Å². The number of para-hydroxylation sites is 2. The second-order valence-corrected chi connectivity index (χ2v) is 7.97. The molecule has 27 heavy (non-hydrogen) atoms. The lowest BCUT2D eigenvalue weighted by atomic mass is 10.1. The Morgan fingerprint density at radius 1 is 1.15 bits per heavy atom. The topological polar surface area (TPSA) is 59.3 Å². The van der Waals surface area contributed by atoms with E-state index in [1.54, 1.807) is 12.1 Å². The summed E-state index contributed by atoms with van der Waals surface area (Å²) in [5.41, 5.74) is 3.54. The number of thioether (sulfide) groups is 1. The van der Waals surface area contributed by atoms with Crippen LogP contribution in [0, 0.1) is 6.92 Å². The van der Waals surface area contributed by atoms with E-state index in [0.717, 1.165) is 22.1 Å². The molecule has 4 aromatic rings. The molecule has 0 bridgehead atoms. The molecule has 0 aliphatic carbocycles. The summed E-state index contributed by atoms with van der Waals surface area (Å²) < 4.78 is 1.99. The zero-order chi connectivity index (χ0) is 19.0. The predicted molar refractivity (Wildman–Crippen MR) is 111 cm³/mol. The van der Waals surface area contributed by atoms with Gasteiger partial charge in [0, 0.05) is 5.39 Å². The van der Waals surface area contributed by atoms with Crippen molar-refractivity contribution in [2.45, 2.75) is 24.3 Å². The summed E-state index contributed by atoms with van der Waals surface area (Å²) in [5, 5.41) is 13.4. The van der Waals surface area contributed by atoms with Crippen LogP contribution in [0.4, 0.5) is 5.69 Å². The molecular weight excluding hydrogens is 380 g/mol. The maximum atomic E-state index is 12.6. The number of nitrogens with one attached hydrogen (secondary N) is 1. The Kier molecular flexibility index (Phi) is 4.76. The van der Waals surface area contributed by atoms with Crippen LogP contribution in [0.25, 0.3) is 16.6 Å². The van der Waals surface area contributed by atoms with E-state index in [1.165, 1.54) is 11.8 Å². The van der Waals surface area contributed by atoms with Crippen molar-refractivity contribution in [3.63, 3.8) is 0 Å². The number of pyridine rings is 1. The maximum Gasteiger partial charge on any atom is 0.237 e. The fourth-order valence-corrected chi connectivity index (χ4v) is 4.01. The highest BCUT2D eigenvalue weighted by molar-refractivity contribution is 8.00. The standard InChI is InChI=1S/C20H17ClN4OS/c1-12-11-18-23-24-20(25(18)17-10-6-3-7-14(12)17)27-13(2)19(26)22-16-9-5-4-8-15(16)21/h3-11,13H,1-2H3,(H,22,26)/t13-/m1/s1. The van der Waals surface area contributed by atoms with Crippen molar-refractivity contribution in [1.82, 2.24) is 14.6 Å². The number of halogens is 1. The third-order valence-corrected chi connectivity index (χ3v) is 5.73. The number of anilines is 1. The highest BCUT2D eigenvalue weighted by Gasteiger charge is 2.20. The number of fused-ring (bicyclic) bond motifs is 3. The number of carbonyl (C=O) groups is 1. The third kappa shape index (κ3) is 3.38. The van der Waals surface area contributed by atoms with E-state index in [9.17, 15) is 4.79 Å². The summed E-state index contributed by atoms with van der Waals surface area (Å²) in [7, 11) is 0. The van der Waals surface area contributed by atoms with E-state index in [1.807, 2.05) is 47.7 Å².